The number of nitriles is 4. The summed E-state index contributed by atoms with van der Waals surface area (Å²) in [6, 6.07) is 11.9. The van der Waals surface area contributed by atoms with Gasteiger partial charge in [0, 0.05) is 23.7 Å². The van der Waals surface area contributed by atoms with Crippen molar-refractivity contribution in [1.82, 2.24) is 0 Å². The number of hydrogen-bond acceptors (Lipinski definition) is 8. The molecule has 0 aliphatic carbocycles. The standard InChI is InChI=1S/C24H44N4O4Si4/c1-21(17-25)9-13-33(5)29-34(6,14-10-22(2)18-26)31-36(8,16-12-24(4)20-28)32-35(7,30-33)15-11-23(3)19-27/h21-24H,9-16H2,1-8H3. The van der Waals surface area contributed by atoms with Gasteiger partial charge in [-0.2, -0.15) is 21.0 Å². The molecule has 4 unspecified atom stereocenters. The van der Waals surface area contributed by atoms with Crippen molar-refractivity contribution in [3.63, 3.8) is 0 Å². The third-order valence-electron chi connectivity index (χ3n) is 6.73. The Bertz CT molecular complexity index is 743. The minimum Gasteiger partial charge on any atom is -0.416 e. The largest absolute Gasteiger partial charge is 0.416 e. The highest BCUT2D eigenvalue weighted by Gasteiger charge is 2.56. The van der Waals surface area contributed by atoms with E-state index >= 15 is 0 Å². The van der Waals surface area contributed by atoms with Crippen molar-refractivity contribution in [3.8, 4) is 24.3 Å². The van der Waals surface area contributed by atoms with E-state index in [-0.39, 0.29) is 23.7 Å². The van der Waals surface area contributed by atoms with Crippen molar-refractivity contribution in [1.29, 1.82) is 21.0 Å². The Labute approximate surface area is 223 Å². The zero-order chi connectivity index (χ0) is 27.6. The molecule has 0 spiro atoms. The molecule has 0 aromatic carbocycles. The van der Waals surface area contributed by atoms with Crippen LogP contribution in [0.25, 0.3) is 0 Å². The van der Waals surface area contributed by atoms with Crippen LogP contribution in [0.3, 0.4) is 0 Å². The fourth-order valence-electron chi connectivity index (χ4n) is 4.49. The lowest BCUT2D eigenvalue weighted by Crippen LogP contribution is -2.67. The Balaban J connectivity index is 3.44. The maximum Gasteiger partial charge on any atom is 0.317 e. The van der Waals surface area contributed by atoms with Crippen LogP contribution >= 0.6 is 0 Å². The van der Waals surface area contributed by atoms with E-state index in [9.17, 15) is 21.0 Å². The molecule has 36 heavy (non-hydrogen) atoms. The zero-order valence-corrected chi connectivity index (χ0v) is 27.4. The van der Waals surface area contributed by atoms with Crippen LogP contribution in [0.4, 0.5) is 0 Å². The van der Waals surface area contributed by atoms with Crippen LogP contribution in [-0.4, -0.2) is 34.2 Å². The number of nitrogens with zero attached hydrogens (tertiary/aromatic N) is 4. The van der Waals surface area contributed by atoms with Gasteiger partial charge in [-0.05, 0) is 104 Å². The van der Waals surface area contributed by atoms with Crippen molar-refractivity contribution >= 4 is 34.2 Å². The summed E-state index contributed by atoms with van der Waals surface area (Å²) in [5.74, 6) is -0.448. The molecule has 1 aliphatic rings. The Morgan fingerprint density at radius 1 is 0.444 bits per heavy atom. The molecule has 1 saturated heterocycles. The predicted octanol–water partition coefficient (Wildman–Crippen LogP) is 6.55. The van der Waals surface area contributed by atoms with E-state index in [2.05, 4.69) is 50.5 Å². The van der Waals surface area contributed by atoms with Crippen molar-refractivity contribution in [2.75, 3.05) is 0 Å². The third kappa shape index (κ3) is 11.0. The van der Waals surface area contributed by atoms with Gasteiger partial charge in [-0.3, -0.25) is 0 Å². The Morgan fingerprint density at radius 3 is 0.750 bits per heavy atom. The summed E-state index contributed by atoms with van der Waals surface area (Å²) in [7, 11) is -11.3. The Hall–Kier alpha value is -1.33. The quantitative estimate of drug-likeness (QED) is 0.244. The normalized spacial score (nSPS) is 33.9. The smallest absolute Gasteiger partial charge is 0.317 e. The van der Waals surface area contributed by atoms with E-state index in [4.69, 9.17) is 16.5 Å². The van der Waals surface area contributed by atoms with E-state index in [1.165, 1.54) is 0 Å². The fourth-order valence-corrected chi connectivity index (χ4v) is 28.4. The van der Waals surface area contributed by atoms with E-state index in [0.717, 1.165) is 0 Å². The summed E-state index contributed by atoms with van der Waals surface area (Å²) < 4.78 is 27.9. The van der Waals surface area contributed by atoms with Crippen LogP contribution in [0.5, 0.6) is 0 Å². The van der Waals surface area contributed by atoms with Crippen molar-refractivity contribution in [2.45, 2.75) is 104 Å². The lowest BCUT2D eigenvalue weighted by molar-refractivity contribution is 0.218. The lowest BCUT2D eigenvalue weighted by Gasteiger charge is -2.50. The molecule has 1 rings (SSSR count). The molecule has 12 heteroatoms. The molecule has 0 radical (unpaired) electrons. The average Bonchev–Trinajstić information content (AvgIpc) is 2.81. The summed E-state index contributed by atoms with van der Waals surface area (Å²) in [4.78, 5) is 0. The highest BCUT2D eigenvalue weighted by molar-refractivity contribution is 6.93. The van der Waals surface area contributed by atoms with Gasteiger partial charge in [0.15, 0.2) is 0 Å². The Morgan fingerprint density at radius 2 is 0.611 bits per heavy atom. The molecule has 1 aliphatic heterocycles. The second-order valence-corrected chi connectivity index (χ2v) is 25.6. The van der Waals surface area contributed by atoms with E-state index in [0.29, 0.717) is 49.9 Å². The molecular weight excluding hydrogens is 521 g/mol. The van der Waals surface area contributed by atoms with Crippen LogP contribution in [0, 0.1) is 69.0 Å². The first-order valence-corrected chi connectivity index (χ1v) is 23.1. The molecule has 200 valence electrons. The second-order valence-electron chi connectivity index (χ2n) is 11.2. The average molecular weight is 565 g/mol. The Kier molecular flexibility index (Phi) is 12.7. The van der Waals surface area contributed by atoms with Crippen LogP contribution in [0.15, 0.2) is 0 Å². The van der Waals surface area contributed by atoms with E-state index in [1.807, 2.05) is 27.7 Å². The van der Waals surface area contributed by atoms with E-state index in [1.54, 1.807) is 0 Å². The molecule has 0 aromatic rings. The summed E-state index contributed by atoms with van der Waals surface area (Å²) >= 11 is 0. The summed E-state index contributed by atoms with van der Waals surface area (Å²) in [5.41, 5.74) is 0. The fraction of sp³-hybridized carbons (Fsp3) is 0.833. The van der Waals surface area contributed by atoms with Crippen molar-refractivity contribution in [2.24, 2.45) is 23.7 Å². The van der Waals surface area contributed by atoms with Gasteiger partial charge in [-0.25, -0.2) is 0 Å². The van der Waals surface area contributed by atoms with Gasteiger partial charge in [0.2, 0.25) is 0 Å². The van der Waals surface area contributed by atoms with Crippen LogP contribution in [0.1, 0.15) is 53.4 Å². The van der Waals surface area contributed by atoms with Gasteiger partial charge in [-0.15, -0.1) is 0 Å². The monoisotopic (exact) mass is 564 g/mol. The summed E-state index contributed by atoms with van der Waals surface area (Å²) in [5, 5.41) is 37.5. The topological polar surface area (TPSA) is 132 Å². The molecule has 0 amide bonds. The van der Waals surface area contributed by atoms with Gasteiger partial charge >= 0.3 is 34.2 Å². The molecule has 1 heterocycles. The first-order chi connectivity index (χ1) is 16.6. The molecule has 0 bridgehead atoms. The van der Waals surface area contributed by atoms with Crippen molar-refractivity contribution in [3.05, 3.63) is 0 Å². The lowest BCUT2D eigenvalue weighted by atomic mass is 10.1. The van der Waals surface area contributed by atoms with E-state index < -0.39 is 34.2 Å². The summed E-state index contributed by atoms with van der Waals surface area (Å²) in [6.45, 7) is 15.9. The predicted molar refractivity (Wildman–Crippen MR) is 148 cm³/mol. The van der Waals surface area contributed by atoms with Gasteiger partial charge in [0.05, 0.1) is 24.3 Å². The van der Waals surface area contributed by atoms with Crippen LogP contribution in [-0.2, 0) is 16.5 Å². The number of hydrogen-bond donors (Lipinski definition) is 0. The van der Waals surface area contributed by atoms with Gasteiger partial charge in [0.25, 0.3) is 0 Å². The molecule has 4 atom stereocenters. The second kappa shape index (κ2) is 14.0. The molecule has 8 nitrogen and oxygen atoms in total. The molecule has 0 saturated carbocycles. The first-order valence-electron chi connectivity index (χ1n) is 13.0. The van der Waals surface area contributed by atoms with Gasteiger partial charge < -0.3 is 16.5 Å². The molecule has 0 N–H and O–H groups in total. The van der Waals surface area contributed by atoms with Gasteiger partial charge in [-0.1, -0.05) is 0 Å². The van der Waals surface area contributed by atoms with Gasteiger partial charge in [0.1, 0.15) is 0 Å². The molecule has 1 fully saturated rings. The minimum atomic E-state index is -2.82. The number of rotatable bonds is 12. The highest BCUT2D eigenvalue weighted by atomic mass is 28.5. The zero-order valence-electron chi connectivity index (χ0n) is 23.4. The van der Waals surface area contributed by atoms with Crippen LogP contribution < -0.4 is 0 Å². The first kappa shape index (κ1) is 32.7. The molecule has 0 aromatic heterocycles. The third-order valence-corrected chi connectivity index (χ3v) is 25.3. The minimum absolute atomic E-state index is 0.112. The van der Waals surface area contributed by atoms with Crippen molar-refractivity contribution < 1.29 is 16.5 Å². The maximum atomic E-state index is 9.36. The SMILES string of the molecule is CC(C#N)CC[Si]1(C)O[Si](C)(CCC(C)C#N)O[Si](C)(CCC(C)C#N)O[Si](C)(CCC(C)C#N)O1. The maximum absolute atomic E-state index is 9.36. The highest BCUT2D eigenvalue weighted by Crippen LogP contribution is 2.40. The summed E-state index contributed by atoms with van der Waals surface area (Å²) in [6.07, 6.45) is 2.69. The molecular formula is C24H44N4O4Si4. The van der Waals surface area contributed by atoms with Crippen LogP contribution in [0.2, 0.25) is 50.4 Å².